The first-order valence-corrected chi connectivity index (χ1v) is 6.59. The number of amides is 1. The molecule has 0 aliphatic heterocycles. The van der Waals surface area contributed by atoms with Gasteiger partial charge in [-0.25, -0.2) is 0 Å². The maximum atomic E-state index is 10.4. The summed E-state index contributed by atoms with van der Waals surface area (Å²) in [5.74, 6) is 0.768. The quantitative estimate of drug-likeness (QED) is 0.449. The molecule has 2 rings (SSSR count). The Kier molecular flexibility index (Phi) is 4.93. The van der Waals surface area contributed by atoms with Gasteiger partial charge in [-0.15, -0.1) is 0 Å². The van der Waals surface area contributed by atoms with Gasteiger partial charge in [0.25, 0.3) is 0 Å². The Morgan fingerprint density at radius 2 is 1.52 bits per heavy atom. The molecule has 2 aromatic carbocycles. The van der Waals surface area contributed by atoms with Crippen LogP contribution < -0.4 is 16.0 Å². The molecule has 2 aromatic rings. The summed E-state index contributed by atoms with van der Waals surface area (Å²) in [6, 6.07) is 15.4. The van der Waals surface area contributed by atoms with E-state index in [9.17, 15) is 4.79 Å². The molecule has 21 heavy (non-hydrogen) atoms. The van der Waals surface area contributed by atoms with E-state index < -0.39 is 0 Å². The smallest absolute Gasteiger partial charge is 0.211 e. The van der Waals surface area contributed by atoms with Crippen molar-refractivity contribution in [3.8, 4) is 0 Å². The number of aliphatic imine (C=N–C) groups is 1. The van der Waals surface area contributed by atoms with E-state index in [1.54, 1.807) is 7.05 Å². The third kappa shape index (κ3) is 3.82. The Bertz CT molecular complexity index is 618. The van der Waals surface area contributed by atoms with Crippen LogP contribution >= 0.6 is 0 Å². The Hall–Kier alpha value is -2.82. The van der Waals surface area contributed by atoms with Crippen molar-refractivity contribution in [2.45, 2.75) is 0 Å². The molecule has 108 valence electrons. The summed E-state index contributed by atoms with van der Waals surface area (Å²) in [7, 11) is 3.62. The molecule has 0 bridgehead atoms. The predicted octanol–water partition coefficient (Wildman–Crippen LogP) is 2.79. The van der Waals surface area contributed by atoms with Gasteiger partial charge in [-0.2, -0.15) is 0 Å². The van der Waals surface area contributed by atoms with Crippen LogP contribution in [0.4, 0.5) is 17.1 Å². The van der Waals surface area contributed by atoms with Gasteiger partial charge in [0.05, 0.1) is 0 Å². The predicted molar refractivity (Wildman–Crippen MR) is 88.2 cm³/mol. The second kappa shape index (κ2) is 7.09. The minimum absolute atomic E-state index is 0.658. The highest BCUT2D eigenvalue weighted by Crippen LogP contribution is 2.15. The molecule has 0 aromatic heterocycles. The van der Waals surface area contributed by atoms with E-state index in [2.05, 4.69) is 20.9 Å². The highest BCUT2D eigenvalue weighted by molar-refractivity contribution is 6.08. The van der Waals surface area contributed by atoms with Crippen LogP contribution in [-0.4, -0.2) is 26.3 Å². The average Bonchev–Trinajstić information content (AvgIpc) is 2.54. The fourth-order valence-corrected chi connectivity index (χ4v) is 1.91. The molecule has 5 heteroatoms. The highest BCUT2D eigenvalue weighted by atomic mass is 16.1. The summed E-state index contributed by atoms with van der Waals surface area (Å²) in [6.45, 7) is 0. The van der Waals surface area contributed by atoms with E-state index in [0.29, 0.717) is 6.41 Å². The number of carbonyl (C=O) groups is 1. The Morgan fingerprint density at radius 3 is 2.05 bits per heavy atom. The minimum atomic E-state index is 0.658. The fourth-order valence-electron chi connectivity index (χ4n) is 1.91. The zero-order valence-corrected chi connectivity index (χ0v) is 12.1. The van der Waals surface area contributed by atoms with Crippen LogP contribution in [0, 0.1) is 0 Å². The van der Waals surface area contributed by atoms with Crippen LogP contribution in [0.25, 0.3) is 0 Å². The summed E-state index contributed by atoms with van der Waals surface area (Å²) in [4.78, 5) is 14.7. The number of nitrogens with one attached hydrogen (secondary N) is 3. The number of nitrogens with zero attached hydrogens (tertiary/aromatic N) is 1. The average molecular weight is 282 g/mol. The van der Waals surface area contributed by atoms with E-state index in [0.717, 1.165) is 28.5 Å². The van der Waals surface area contributed by atoms with Crippen molar-refractivity contribution < 1.29 is 4.79 Å². The molecule has 0 unspecified atom stereocenters. The molecule has 0 saturated heterocycles. The third-order valence-electron chi connectivity index (χ3n) is 3.04. The molecular formula is C16H18N4O. The zero-order chi connectivity index (χ0) is 15.1. The molecule has 0 aliphatic rings. The molecule has 3 N–H and O–H groups in total. The number of anilines is 3. The summed E-state index contributed by atoms with van der Waals surface area (Å²) < 4.78 is 0. The highest BCUT2D eigenvalue weighted by Gasteiger charge is 2.03. The van der Waals surface area contributed by atoms with Crippen molar-refractivity contribution in [2.75, 3.05) is 30.0 Å². The lowest BCUT2D eigenvalue weighted by Crippen LogP contribution is -2.13. The van der Waals surface area contributed by atoms with Crippen LogP contribution in [0.2, 0.25) is 0 Å². The van der Waals surface area contributed by atoms with Crippen molar-refractivity contribution in [3.05, 3.63) is 54.1 Å². The number of rotatable bonds is 5. The standard InChI is InChI=1S/C16H18N4O/c1-17-13-7-9-15(10-8-13)20-16(18-2)12-3-5-14(6-4-12)19-11-21/h3-11,17H,1-2H3,(H,18,20)(H,19,21). The number of benzene rings is 2. The lowest BCUT2D eigenvalue weighted by molar-refractivity contribution is -0.105. The summed E-state index contributed by atoms with van der Waals surface area (Å²) in [5, 5.41) is 8.96. The zero-order valence-electron chi connectivity index (χ0n) is 12.1. The first-order chi connectivity index (χ1) is 10.3. The SMILES string of the molecule is CN=C(Nc1ccc(NC)cc1)c1ccc(NC=O)cc1. The Morgan fingerprint density at radius 1 is 0.952 bits per heavy atom. The summed E-state index contributed by atoms with van der Waals surface area (Å²) in [6.07, 6.45) is 0.658. The van der Waals surface area contributed by atoms with Crippen molar-refractivity contribution in [2.24, 2.45) is 4.99 Å². The molecule has 0 radical (unpaired) electrons. The van der Waals surface area contributed by atoms with Gasteiger partial charge in [-0.3, -0.25) is 9.79 Å². The first-order valence-electron chi connectivity index (χ1n) is 6.59. The second-order valence-electron chi connectivity index (χ2n) is 4.36. The molecule has 0 atom stereocenters. The molecule has 0 aliphatic carbocycles. The van der Waals surface area contributed by atoms with Gasteiger partial charge < -0.3 is 16.0 Å². The Labute approximate surface area is 124 Å². The lowest BCUT2D eigenvalue weighted by atomic mass is 10.1. The van der Waals surface area contributed by atoms with Gasteiger partial charge in [0, 0.05) is 36.7 Å². The van der Waals surface area contributed by atoms with Crippen LogP contribution in [0.3, 0.4) is 0 Å². The van der Waals surface area contributed by atoms with Crippen LogP contribution in [-0.2, 0) is 4.79 Å². The van der Waals surface area contributed by atoms with Gasteiger partial charge in [0.1, 0.15) is 5.84 Å². The van der Waals surface area contributed by atoms with Crippen LogP contribution in [0.5, 0.6) is 0 Å². The van der Waals surface area contributed by atoms with E-state index in [1.807, 2.05) is 55.6 Å². The van der Waals surface area contributed by atoms with Crippen molar-refractivity contribution in [3.63, 3.8) is 0 Å². The molecule has 0 heterocycles. The molecule has 0 saturated carbocycles. The van der Waals surface area contributed by atoms with Gasteiger partial charge in [0.15, 0.2) is 0 Å². The van der Waals surface area contributed by atoms with Crippen molar-refractivity contribution in [1.82, 2.24) is 0 Å². The van der Waals surface area contributed by atoms with Crippen molar-refractivity contribution >= 4 is 29.3 Å². The maximum absolute atomic E-state index is 10.4. The van der Waals surface area contributed by atoms with Gasteiger partial charge in [-0.05, 0) is 48.5 Å². The van der Waals surface area contributed by atoms with Crippen molar-refractivity contribution in [1.29, 1.82) is 0 Å². The van der Waals surface area contributed by atoms with E-state index in [4.69, 9.17) is 0 Å². The topological polar surface area (TPSA) is 65.5 Å². The minimum Gasteiger partial charge on any atom is -0.388 e. The van der Waals surface area contributed by atoms with E-state index in [-0.39, 0.29) is 0 Å². The summed E-state index contributed by atoms with van der Waals surface area (Å²) >= 11 is 0. The normalized spacial score (nSPS) is 10.9. The van der Waals surface area contributed by atoms with Crippen LogP contribution in [0.15, 0.2) is 53.5 Å². The van der Waals surface area contributed by atoms with Gasteiger partial charge in [-0.1, -0.05) is 0 Å². The number of hydrogen-bond acceptors (Lipinski definition) is 3. The molecule has 1 amide bonds. The monoisotopic (exact) mass is 282 g/mol. The molecule has 5 nitrogen and oxygen atoms in total. The fraction of sp³-hybridized carbons (Fsp3) is 0.125. The van der Waals surface area contributed by atoms with Gasteiger partial charge >= 0.3 is 0 Å². The van der Waals surface area contributed by atoms with Crippen LogP contribution in [0.1, 0.15) is 5.56 Å². The molecule has 0 fully saturated rings. The lowest BCUT2D eigenvalue weighted by Gasteiger charge is -2.11. The van der Waals surface area contributed by atoms with E-state index in [1.165, 1.54) is 0 Å². The second-order valence-corrected chi connectivity index (χ2v) is 4.36. The van der Waals surface area contributed by atoms with Gasteiger partial charge in [0.2, 0.25) is 6.41 Å². The van der Waals surface area contributed by atoms with E-state index >= 15 is 0 Å². The largest absolute Gasteiger partial charge is 0.388 e. The molecule has 0 spiro atoms. The number of carbonyl (C=O) groups excluding carboxylic acids is 1. The summed E-state index contributed by atoms with van der Waals surface area (Å²) in [5.41, 5.74) is 3.72. The third-order valence-corrected chi connectivity index (χ3v) is 3.04. The number of hydrogen-bond donors (Lipinski definition) is 3. The number of amidine groups is 1. The first kappa shape index (κ1) is 14.6. The maximum Gasteiger partial charge on any atom is 0.211 e. The Balaban J connectivity index is 2.13. The molecular weight excluding hydrogens is 264 g/mol.